The van der Waals surface area contributed by atoms with Crippen LogP contribution >= 0.6 is 15.9 Å². The molecule has 0 amide bonds. The quantitative estimate of drug-likeness (QED) is 0.462. The fourth-order valence-corrected chi connectivity index (χ4v) is 2.80. The van der Waals surface area contributed by atoms with Crippen LogP contribution in [-0.2, 0) is 0 Å². The minimum atomic E-state index is 0.883. The molecule has 0 spiro atoms. The molecule has 0 radical (unpaired) electrons. The normalized spacial score (nSPS) is 11.8. The molecule has 0 fully saturated rings. The lowest BCUT2D eigenvalue weighted by molar-refractivity contribution is 0.657. The molecule has 0 N–H and O–H groups in total. The molecule has 0 bridgehead atoms. The first-order valence-corrected chi connectivity index (χ1v) is 6.21. The van der Waals surface area contributed by atoms with Crippen molar-refractivity contribution in [3.63, 3.8) is 0 Å². The van der Waals surface area contributed by atoms with Gasteiger partial charge in [0.15, 0.2) is 5.58 Å². The van der Waals surface area contributed by atoms with E-state index in [1.165, 1.54) is 10.9 Å². The topological polar surface area (TPSA) is 17.6 Å². The van der Waals surface area contributed by atoms with E-state index in [2.05, 4.69) is 38.5 Å². The molecule has 4 aromatic rings. The van der Waals surface area contributed by atoms with Crippen molar-refractivity contribution in [2.24, 2.45) is 0 Å². The molecule has 2 nitrogen and oxygen atoms in total. The third kappa shape index (κ3) is 1.15. The van der Waals surface area contributed by atoms with Gasteiger partial charge in [0.1, 0.15) is 0 Å². The largest absolute Gasteiger partial charge is 0.438 e. The number of hydrogen-bond donors (Lipinski definition) is 0. The van der Waals surface area contributed by atoms with Gasteiger partial charge in [-0.2, -0.15) is 0 Å². The number of hydrogen-bond acceptors (Lipinski definition) is 1. The van der Waals surface area contributed by atoms with Crippen LogP contribution in [0.2, 0.25) is 0 Å². The van der Waals surface area contributed by atoms with Crippen LogP contribution in [0.15, 0.2) is 57.4 Å². The smallest absolute Gasteiger partial charge is 0.205 e. The van der Waals surface area contributed by atoms with Gasteiger partial charge < -0.3 is 4.42 Å². The molecular weight excluding hydrogens is 278 g/mol. The fraction of sp³-hybridized carbons (Fsp3) is 0. The van der Waals surface area contributed by atoms with Gasteiger partial charge in [0.05, 0.1) is 11.0 Å². The van der Waals surface area contributed by atoms with Crippen LogP contribution in [-0.4, -0.2) is 4.40 Å². The SMILES string of the molecule is Brc1cccc2c1cc1oc3ccccc3n12. The maximum Gasteiger partial charge on any atom is 0.205 e. The molecule has 0 aliphatic rings. The molecule has 0 saturated carbocycles. The summed E-state index contributed by atoms with van der Waals surface area (Å²) < 4.78 is 9.08. The summed E-state index contributed by atoms with van der Waals surface area (Å²) in [4.78, 5) is 0. The summed E-state index contributed by atoms with van der Waals surface area (Å²) in [6.07, 6.45) is 0. The minimum absolute atomic E-state index is 0.883. The highest BCUT2D eigenvalue weighted by Gasteiger charge is 2.11. The molecular formula is C14H8BrNO. The van der Waals surface area contributed by atoms with Gasteiger partial charge in [0.2, 0.25) is 5.71 Å². The Kier molecular flexibility index (Phi) is 1.72. The number of oxazole rings is 1. The molecule has 17 heavy (non-hydrogen) atoms. The second-order valence-corrected chi connectivity index (χ2v) is 4.91. The first kappa shape index (κ1) is 9.31. The highest BCUT2D eigenvalue weighted by atomic mass is 79.9. The van der Waals surface area contributed by atoms with E-state index < -0.39 is 0 Å². The van der Waals surface area contributed by atoms with E-state index in [9.17, 15) is 0 Å². The van der Waals surface area contributed by atoms with Gasteiger partial charge >= 0.3 is 0 Å². The average molecular weight is 286 g/mol. The highest BCUT2D eigenvalue weighted by Crippen LogP contribution is 2.31. The van der Waals surface area contributed by atoms with Crippen LogP contribution in [0, 0.1) is 0 Å². The summed E-state index contributed by atoms with van der Waals surface area (Å²) in [7, 11) is 0. The summed E-state index contributed by atoms with van der Waals surface area (Å²) in [6, 6.07) is 16.3. The summed E-state index contributed by atoms with van der Waals surface area (Å²) in [6.45, 7) is 0. The Labute approximate surface area is 106 Å². The molecule has 3 heteroatoms. The number of aromatic nitrogens is 1. The monoisotopic (exact) mass is 285 g/mol. The number of benzene rings is 2. The summed E-state index contributed by atoms with van der Waals surface area (Å²) in [5.74, 6) is 0. The van der Waals surface area contributed by atoms with Gasteiger partial charge in [-0.05, 0) is 24.3 Å². The third-order valence-electron chi connectivity index (χ3n) is 3.08. The maximum atomic E-state index is 5.83. The second kappa shape index (κ2) is 3.14. The van der Waals surface area contributed by atoms with E-state index in [4.69, 9.17) is 4.42 Å². The van der Waals surface area contributed by atoms with E-state index in [-0.39, 0.29) is 0 Å². The van der Waals surface area contributed by atoms with Gasteiger partial charge in [-0.3, -0.25) is 4.40 Å². The summed E-state index contributed by atoms with van der Waals surface area (Å²) >= 11 is 3.57. The van der Waals surface area contributed by atoms with Crippen LogP contribution in [0.1, 0.15) is 0 Å². The predicted molar refractivity (Wildman–Crippen MR) is 72.4 cm³/mol. The van der Waals surface area contributed by atoms with E-state index in [1.807, 2.05) is 30.3 Å². The van der Waals surface area contributed by atoms with Crippen molar-refractivity contribution in [2.75, 3.05) is 0 Å². The van der Waals surface area contributed by atoms with Gasteiger partial charge in [-0.25, -0.2) is 0 Å². The van der Waals surface area contributed by atoms with Gasteiger partial charge in [0.25, 0.3) is 0 Å². The molecule has 0 unspecified atom stereocenters. The number of fused-ring (bicyclic) bond motifs is 5. The van der Waals surface area contributed by atoms with Gasteiger partial charge in [-0.15, -0.1) is 0 Å². The minimum Gasteiger partial charge on any atom is -0.438 e. The summed E-state index contributed by atoms with van der Waals surface area (Å²) in [5.41, 5.74) is 4.08. The lowest BCUT2D eigenvalue weighted by Gasteiger charge is -1.95. The van der Waals surface area contributed by atoms with E-state index in [0.717, 1.165) is 21.3 Å². The van der Waals surface area contributed by atoms with E-state index in [0.29, 0.717) is 0 Å². The molecule has 0 aliphatic carbocycles. The molecule has 82 valence electrons. The molecule has 2 heterocycles. The van der Waals surface area contributed by atoms with Crippen molar-refractivity contribution in [2.45, 2.75) is 0 Å². The molecule has 0 atom stereocenters. The molecule has 4 rings (SSSR count). The number of halogens is 1. The first-order chi connectivity index (χ1) is 8.34. The Balaban J connectivity index is 2.36. The zero-order valence-corrected chi connectivity index (χ0v) is 10.4. The summed E-state index contributed by atoms with van der Waals surface area (Å²) in [5, 5.41) is 1.18. The maximum absolute atomic E-state index is 5.83. The lowest BCUT2D eigenvalue weighted by atomic mass is 10.2. The van der Waals surface area contributed by atoms with Crippen molar-refractivity contribution in [3.8, 4) is 0 Å². The second-order valence-electron chi connectivity index (χ2n) is 4.06. The van der Waals surface area contributed by atoms with Crippen molar-refractivity contribution in [3.05, 3.63) is 53.0 Å². The Morgan fingerprint density at radius 1 is 0.941 bits per heavy atom. The van der Waals surface area contributed by atoms with Gasteiger partial charge in [0, 0.05) is 15.9 Å². The zero-order valence-electron chi connectivity index (χ0n) is 8.85. The Morgan fingerprint density at radius 3 is 2.71 bits per heavy atom. The Morgan fingerprint density at radius 2 is 1.76 bits per heavy atom. The van der Waals surface area contributed by atoms with Crippen molar-refractivity contribution in [1.82, 2.24) is 4.40 Å². The van der Waals surface area contributed by atoms with Crippen LogP contribution in [0.25, 0.3) is 27.7 Å². The molecule has 2 aromatic carbocycles. The highest BCUT2D eigenvalue weighted by molar-refractivity contribution is 9.10. The first-order valence-electron chi connectivity index (χ1n) is 5.42. The zero-order chi connectivity index (χ0) is 11.4. The van der Waals surface area contributed by atoms with Crippen molar-refractivity contribution in [1.29, 1.82) is 0 Å². The Hall–Kier alpha value is -1.74. The average Bonchev–Trinajstić information content (AvgIpc) is 2.85. The van der Waals surface area contributed by atoms with Crippen LogP contribution in [0.3, 0.4) is 0 Å². The number of para-hydroxylation sites is 2. The van der Waals surface area contributed by atoms with Crippen molar-refractivity contribution < 1.29 is 4.42 Å². The van der Waals surface area contributed by atoms with Crippen LogP contribution < -0.4 is 0 Å². The predicted octanol–water partition coefficient (Wildman–Crippen LogP) is 4.60. The molecule has 0 saturated heterocycles. The molecule has 0 aliphatic heterocycles. The van der Waals surface area contributed by atoms with Crippen molar-refractivity contribution >= 4 is 43.6 Å². The van der Waals surface area contributed by atoms with Crippen LogP contribution in [0.5, 0.6) is 0 Å². The number of nitrogens with zero attached hydrogens (tertiary/aromatic N) is 1. The van der Waals surface area contributed by atoms with Gasteiger partial charge in [-0.1, -0.05) is 34.1 Å². The fourth-order valence-electron chi connectivity index (χ4n) is 2.33. The van der Waals surface area contributed by atoms with E-state index >= 15 is 0 Å². The van der Waals surface area contributed by atoms with Crippen LogP contribution in [0.4, 0.5) is 0 Å². The Bertz CT molecular complexity index is 856. The molecule has 2 aromatic heterocycles. The van der Waals surface area contributed by atoms with E-state index in [1.54, 1.807) is 0 Å². The lowest BCUT2D eigenvalue weighted by Crippen LogP contribution is -1.79. The number of rotatable bonds is 0. The standard InChI is InChI=1S/C14H8BrNO/c15-10-4-3-6-11-9(10)8-14-16(11)12-5-1-2-7-13(12)17-14/h1-8H. The third-order valence-corrected chi connectivity index (χ3v) is 3.77.